The molecule has 0 heterocycles. The monoisotopic (exact) mass is 208 g/mol. The van der Waals surface area contributed by atoms with Crippen molar-refractivity contribution in [3.05, 3.63) is 35.9 Å². The highest BCUT2D eigenvalue weighted by Gasteiger charge is 2.39. The molecule has 1 unspecified atom stereocenters. The van der Waals surface area contributed by atoms with Crippen LogP contribution in [0.4, 0.5) is 0 Å². The van der Waals surface area contributed by atoms with E-state index in [-0.39, 0.29) is 5.78 Å². The van der Waals surface area contributed by atoms with Gasteiger partial charge in [-0.25, -0.2) is 0 Å². The van der Waals surface area contributed by atoms with Crippen LogP contribution in [-0.4, -0.2) is 5.78 Å². The van der Waals surface area contributed by atoms with Crippen molar-refractivity contribution < 1.29 is 4.79 Å². The molecule has 0 N–H and O–H groups in total. The lowest BCUT2D eigenvalue weighted by molar-refractivity contribution is -0.123. The maximum atomic E-state index is 11.8. The molecule has 1 aromatic carbocycles. The lowest BCUT2D eigenvalue weighted by Crippen LogP contribution is -2.32. The van der Waals surface area contributed by atoms with Gasteiger partial charge in [-0.15, -0.1) is 11.6 Å². The van der Waals surface area contributed by atoms with Crippen molar-refractivity contribution >= 4 is 17.4 Å². The van der Waals surface area contributed by atoms with Gasteiger partial charge in [0.05, 0.1) is 0 Å². The van der Waals surface area contributed by atoms with Gasteiger partial charge in [0, 0.05) is 6.42 Å². The van der Waals surface area contributed by atoms with Crippen LogP contribution >= 0.6 is 11.6 Å². The van der Waals surface area contributed by atoms with E-state index in [2.05, 4.69) is 0 Å². The van der Waals surface area contributed by atoms with Crippen LogP contribution in [0.25, 0.3) is 0 Å². The zero-order valence-corrected chi connectivity index (χ0v) is 8.76. The molecule has 0 spiro atoms. The summed E-state index contributed by atoms with van der Waals surface area (Å²) in [5, 5.41) is 0. The van der Waals surface area contributed by atoms with Crippen LogP contribution < -0.4 is 0 Å². The first-order chi connectivity index (χ1) is 6.73. The zero-order valence-electron chi connectivity index (χ0n) is 8.00. The number of hydrogen-bond acceptors (Lipinski definition) is 1. The Morgan fingerprint density at radius 3 is 2.50 bits per heavy atom. The molecule has 1 saturated carbocycles. The molecule has 1 aromatic rings. The number of carbonyl (C=O) groups excluding carboxylic acids is 1. The van der Waals surface area contributed by atoms with Crippen molar-refractivity contribution in [2.75, 3.05) is 0 Å². The summed E-state index contributed by atoms with van der Waals surface area (Å²) in [5.41, 5.74) is 0.950. The molecule has 1 nitrogen and oxygen atoms in total. The van der Waals surface area contributed by atoms with Crippen LogP contribution in [-0.2, 0) is 9.67 Å². The second-order valence-electron chi connectivity index (χ2n) is 3.80. The third-order valence-electron chi connectivity index (χ3n) is 2.85. The average molecular weight is 209 g/mol. The standard InChI is InChI=1S/C12H13ClO/c13-12(9-5-4-8-11(12)14)10-6-2-1-3-7-10/h1-3,6-7H,4-5,8-9H2. The molecule has 0 bridgehead atoms. The Bertz CT molecular complexity index is 333. The Balaban J connectivity index is 2.35. The van der Waals surface area contributed by atoms with Gasteiger partial charge >= 0.3 is 0 Å². The largest absolute Gasteiger partial charge is 0.297 e. The summed E-state index contributed by atoms with van der Waals surface area (Å²) in [6.45, 7) is 0. The highest BCUT2D eigenvalue weighted by molar-refractivity contribution is 6.35. The molecule has 1 fully saturated rings. The number of Topliss-reactive ketones (excluding diaryl/α,β-unsaturated/α-hetero) is 1. The van der Waals surface area contributed by atoms with E-state index in [1.54, 1.807) is 0 Å². The summed E-state index contributed by atoms with van der Waals surface area (Å²) in [6, 6.07) is 9.69. The maximum Gasteiger partial charge on any atom is 0.158 e. The van der Waals surface area contributed by atoms with Gasteiger partial charge in [-0.3, -0.25) is 4.79 Å². The molecular formula is C12H13ClO. The molecular weight excluding hydrogens is 196 g/mol. The molecule has 2 heteroatoms. The van der Waals surface area contributed by atoms with Crippen LogP contribution in [0.1, 0.15) is 31.2 Å². The van der Waals surface area contributed by atoms with Crippen LogP contribution in [0.15, 0.2) is 30.3 Å². The highest BCUT2D eigenvalue weighted by Crippen LogP contribution is 2.40. The molecule has 2 rings (SSSR count). The smallest absolute Gasteiger partial charge is 0.158 e. The fourth-order valence-electron chi connectivity index (χ4n) is 2.00. The van der Waals surface area contributed by atoms with Crippen molar-refractivity contribution in [3.63, 3.8) is 0 Å². The number of rotatable bonds is 1. The molecule has 0 aromatic heterocycles. The predicted octanol–water partition coefficient (Wildman–Crippen LogP) is 3.26. The Kier molecular flexibility index (Phi) is 2.60. The van der Waals surface area contributed by atoms with E-state index >= 15 is 0 Å². The highest BCUT2D eigenvalue weighted by atomic mass is 35.5. The molecule has 0 aliphatic heterocycles. The van der Waals surface area contributed by atoms with Gasteiger partial charge in [0.1, 0.15) is 4.87 Å². The number of alkyl halides is 1. The van der Waals surface area contributed by atoms with Crippen LogP contribution in [0.2, 0.25) is 0 Å². The van der Waals surface area contributed by atoms with Crippen LogP contribution in [0.5, 0.6) is 0 Å². The van der Waals surface area contributed by atoms with E-state index < -0.39 is 4.87 Å². The van der Waals surface area contributed by atoms with E-state index in [4.69, 9.17) is 11.6 Å². The first-order valence-electron chi connectivity index (χ1n) is 5.01. The summed E-state index contributed by atoms with van der Waals surface area (Å²) in [4.78, 5) is 11.0. The van der Waals surface area contributed by atoms with Crippen molar-refractivity contribution in [1.29, 1.82) is 0 Å². The third-order valence-corrected chi connectivity index (χ3v) is 3.47. The molecule has 1 aliphatic carbocycles. The average Bonchev–Trinajstić information content (AvgIpc) is 2.24. The fourth-order valence-corrected chi connectivity index (χ4v) is 2.35. The summed E-state index contributed by atoms with van der Waals surface area (Å²) in [5.74, 6) is 0.177. The van der Waals surface area contributed by atoms with Gasteiger partial charge in [0.2, 0.25) is 0 Å². The first-order valence-corrected chi connectivity index (χ1v) is 5.39. The van der Waals surface area contributed by atoms with E-state index in [9.17, 15) is 4.79 Å². The summed E-state index contributed by atoms with van der Waals surface area (Å²) in [7, 11) is 0. The third kappa shape index (κ3) is 1.57. The van der Waals surface area contributed by atoms with Gasteiger partial charge < -0.3 is 0 Å². The van der Waals surface area contributed by atoms with E-state index in [1.165, 1.54) is 0 Å². The molecule has 0 saturated heterocycles. The second-order valence-corrected chi connectivity index (χ2v) is 4.44. The number of carbonyl (C=O) groups is 1. The van der Waals surface area contributed by atoms with E-state index in [0.717, 1.165) is 24.8 Å². The number of halogens is 1. The lowest BCUT2D eigenvalue weighted by atomic mass is 9.82. The maximum absolute atomic E-state index is 11.8. The van der Waals surface area contributed by atoms with Gasteiger partial charge in [-0.05, 0) is 18.4 Å². The Morgan fingerprint density at radius 2 is 1.86 bits per heavy atom. The summed E-state index contributed by atoms with van der Waals surface area (Å²) < 4.78 is 0. The zero-order chi connectivity index (χ0) is 10.0. The van der Waals surface area contributed by atoms with Crippen molar-refractivity contribution in [2.45, 2.75) is 30.6 Å². The number of hydrogen-bond donors (Lipinski definition) is 0. The molecule has 0 amide bonds. The molecule has 14 heavy (non-hydrogen) atoms. The van der Waals surface area contributed by atoms with Crippen molar-refractivity contribution in [1.82, 2.24) is 0 Å². The molecule has 1 atom stereocenters. The van der Waals surface area contributed by atoms with Gasteiger partial charge in [0.15, 0.2) is 5.78 Å². The Hall–Kier alpha value is -0.820. The number of ketones is 1. The SMILES string of the molecule is O=C1CCCCC1(Cl)c1ccccc1. The van der Waals surface area contributed by atoms with Gasteiger partial charge in [-0.2, -0.15) is 0 Å². The normalized spacial score (nSPS) is 27.6. The van der Waals surface area contributed by atoms with E-state index in [0.29, 0.717) is 6.42 Å². The van der Waals surface area contributed by atoms with Gasteiger partial charge in [0.25, 0.3) is 0 Å². The summed E-state index contributed by atoms with van der Waals surface area (Å²) >= 11 is 6.40. The topological polar surface area (TPSA) is 17.1 Å². The minimum Gasteiger partial charge on any atom is -0.297 e. The molecule has 0 radical (unpaired) electrons. The molecule has 1 aliphatic rings. The molecule has 74 valence electrons. The van der Waals surface area contributed by atoms with Crippen LogP contribution in [0, 0.1) is 0 Å². The van der Waals surface area contributed by atoms with E-state index in [1.807, 2.05) is 30.3 Å². The first kappa shape index (κ1) is 9.72. The Labute approximate surface area is 89.1 Å². The lowest BCUT2D eigenvalue weighted by Gasteiger charge is -2.29. The Morgan fingerprint density at radius 1 is 1.14 bits per heavy atom. The summed E-state index contributed by atoms with van der Waals surface area (Å²) in [6.07, 6.45) is 3.43. The van der Waals surface area contributed by atoms with Crippen molar-refractivity contribution in [3.8, 4) is 0 Å². The predicted molar refractivity (Wildman–Crippen MR) is 57.4 cm³/mol. The van der Waals surface area contributed by atoms with Crippen molar-refractivity contribution in [2.24, 2.45) is 0 Å². The second kappa shape index (κ2) is 3.74. The fraction of sp³-hybridized carbons (Fsp3) is 0.417. The number of benzene rings is 1. The minimum atomic E-state index is -0.737. The minimum absolute atomic E-state index is 0.177. The van der Waals surface area contributed by atoms with Crippen LogP contribution in [0.3, 0.4) is 0 Å². The quantitative estimate of drug-likeness (QED) is 0.648. The van der Waals surface area contributed by atoms with Gasteiger partial charge in [-0.1, -0.05) is 36.8 Å².